The number of thiazole rings is 1. The van der Waals surface area contributed by atoms with Crippen LogP contribution in [0.15, 0.2) is 16.5 Å². The summed E-state index contributed by atoms with van der Waals surface area (Å²) in [7, 11) is 0. The van der Waals surface area contributed by atoms with Gasteiger partial charge < -0.3 is 5.32 Å². The van der Waals surface area contributed by atoms with E-state index in [4.69, 9.17) is 11.6 Å². The fourth-order valence-corrected chi connectivity index (χ4v) is 2.66. The maximum Gasteiger partial charge on any atom is 0.287 e. The second-order valence-electron chi connectivity index (χ2n) is 4.47. The molecule has 0 spiro atoms. The highest BCUT2D eigenvalue weighted by Crippen LogP contribution is 2.19. The maximum absolute atomic E-state index is 12.0. The number of hydrogen-bond acceptors (Lipinski definition) is 5. The van der Waals surface area contributed by atoms with Crippen molar-refractivity contribution in [1.29, 1.82) is 0 Å². The number of aryl methyl sites for hydroxylation is 2. The van der Waals surface area contributed by atoms with Crippen LogP contribution in [0.5, 0.6) is 0 Å². The molecule has 7 heteroatoms. The molecule has 2 aromatic heterocycles. The molecule has 0 bridgehead atoms. The lowest BCUT2D eigenvalue weighted by Crippen LogP contribution is -2.24. The third-order valence-corrected chi connectivity index (χ3v) is 4.29. The lowest BCUT2D eigenvalue weighted by Gasteiger charge is -2.09. The molecule has 0 aliphatic carbocycles. The van der Waals surface area contributed by atoms with Crippen LogP contribution in [-0.2, 0) is 13.1 Å². The van der Waals surface area contributed by atoms with E-state index in [0.717, 1.165) is 23.4 Å². The summed E-state index contributed by atoms with van der Waals surface area (Å²) in [5.74, 6) is 0. The monoisotopic (exact) mass is 312 g/mol. The van der Waals surface area contributed by atoms with E-state index >= 15 is 0 Å². The van der Waals surface area contributed by atoms with E-state index < -0.39 is 0 Å². The summed E-state index contributed by atoms with van der Waals surface area (Å²) in [6.45, 7) is 5.22. The van der Waals surface area contributed by atoms with E-state index in [1.165, 1.54) is 4.68 Å². The summed E-state index contributed by atoms with van der Waals surface area (Å²) in [6, 6.07) is 0. The molecule has 108 valence electrons. The molecule has 0 fully saturated rings. The molecule has 0 saturated carbocycles. The van der Waals surface area contributed by atoms with Crippen LogP contribution in [0.2, 0.25) is 5.02 Å². The highest BCUT2D eigenvalue weighted by Gasteiger charge is 2.09. The predicted molar refractivity (Wildman–Crippen MR) is 82.6 cm³/mol. The number of nitrogens with one attached hydrogen (secondary N) is 1. The van der Waals surface area contributed by atoms with Crippen molar-refractivity contribution < 1.29 is 0 Å². The Balaban J connectivity index is 2.11. The predicted octanol–water partition coefficient (Wildman–Crippen LogP) is 3.07. The highest BCUT2D eigenvalue weighted by molar-refractivity contribution is 7.09. The number of unbranched alkanes of at least 4 members (excludes halogenated alkanes) is 1. The Bertz CT molecular complexity index is 638. The molecule has 0 amide bonds. The molecule has 1 N–H and O–H groups in total. The molecule has 0 aliphatic rings. The van der Waals surface area contributed by atoms with Gasteiger partial charge in [-0.05, 0) is 13.3 Å². The zero-order valence-electron chi connectivity index (χ0n) is 11.5. The molecule has 2 heterocycles. The largest absolute Gasteiger partial charge is 0.377 e. The molecular formula is C13H17ClN4OS. The van der Waals surface area contributed by atoms with Crippen molar-refractivity contribution in [1.82, 2.24) is 14.8 Å². The lowest BCUT2D eigenvalue weighted by atomic mass is 10.3. The smallest absolute Gasteiger partial charge is 0.287 e. The summed E-state index contributed by atoms with van der Waals surface area (Å²) in [4.78, 5) is 17.3. The molecule has 2 aromatic rings. The quantitative estimate of drug-likeness (QED) is 0.890. The standard InChI is InChI=1S/C13H17ClN4OS/c1-3-4-5-18-13(19)12(14)10(6-17-18)15-7-11-9(2)16-8-20-11/h6,8,15H,3-5,7H2,1-2H3. The van der Waals surface area contributed by atoms with Crippen molar-refractivity contribution >= 4 is 28.6 Å². The van der Waals surface area contributed by atoms with Crippen molar-refractivity contribution in [2.45, 2.75) is 39.8 Å². The van der Waals surface area contributed by atoms with Gasteiger partial charge in [0.05, 0.1) is 29.6 Å². The van der Waals surface area contributed by atoms with Gasteiger partial charge in [0.1, 0.15) is 5.02 Å². The third kappa shape index (κ3) is 3.37. The first-order chi connectivity index (χ1) is 9.63. The van der Waals surface area contributed by atoms with Crippen LogP contribution < -0.4 is 10.9 Å². The molecule has 0 saturated heterocycles. The minimum absolute atomic E-state index is 0.193. The Morgan fingerprint density at radius 3 is 2.95 bits per heavy atom. The van der Waals surface area contributed by atoms with Gasteiger partial charge in [-0.1, -0.05) is 24.9 Å². The van der Waals surface area contributed by atoms with Crippen LogP contribution in [0.4, 0.5) is 5.69 Å². The third-order valence-electron chi connectivity index (χ3n) is 2.99. The second kappa shape index (κ2) is 6.85. The van der Waals surface area contributed by atoms with Crippen LogP contribution in [0.3, 0.4) is 0 Å². The lowest BCUT2D eigenvalue weighted by molar-refractivity contribution is 0.543. The summed E-state index contributed by atoms with van der Waals surface area (Å²) in [5.41, 5.74) is 3.11. The van der Waals surface area contributed by atoms with Crippen LogP contribution in [0.1, 0.15) is 30.3 Å². The molecule has 0 unspecified atom stereocenters. The molecule has 5 nitrogen and oxygen atoms in total. The fraction of sp³-hybridized carbons (Fsp3) is 0.462. The van der Waals surface area contributed by atoms with E-state index in [0.29, 0.717) is 18.8 Å². The number of rotatable bonds is 6. The second-order valence-corrected chi connectivity index (χ2v) is 5.79. The van der Waals surface area contributed by atoms with Gasteiger partial charge in [0, 0.05) is 11.4 Å². The number of nitrogens with zero attached hydrogens (tertiary/aromatic N) is 3. The zero-order valence-corrected chi connectivity index (χ0v) is 13.1. The van der Waals surface area contributed by atoms with Crippen LogP contribution >= 0.6 is 22.9 Å². The van der Waals surface area contributed by atoms with Gasteiger partial charge in [0.2, 0.25) is 0 Å². The van der Waals surface area contributed by atoms with Crippen molar-refractivity contribution in [3.8, 4) is 0 Å². The summed E-state index contributed by atoms with van der Waals surface area (Å²) in [6.07, 6.45) is 3.53. The Kier molecular flexibility index (Phi) is 5.14. The first-order valence-electron chi connectivity index (χ1n) is 6.52. The van der Waals surface area contributed by atoms with Crippen molar-refractivity contribution in [3.63, 3.8) is 0 Å². The number of halogens is 1. The van der Waals surface area contributed by atoms with Gasteiger partial charge in [-0.3, -0.25) is 4.79 Å². The fourth-order valence-electron chi connectivity index (χ4n) is 1.73. The van der Waals surface area contributed by atoms with Gasteiger partial charge in [0.25, 0.3) is 5.56 Å². The molecule has 0 aliphatic heterocycles. The van der Waals surface area contributed by atoms with Crippen LogP contribution in [0, 0.1) is 6.92 Å². The van der Waals surface area contributed by atoms with E-state index in [2.05, 4.69) is 22.3 Å². The van der Waals surface area contributed by atoms with Gasteiger partial charge in [-0.25, -0.2) is 9.67 Å². The molecule has 20 heavy (non-hydrogen) atoms. The zero-order chi connectivity index (χ0) is 14.5. The van der Waals surface area contributed by atoms with E-state index in [1.54, 1.807) is 23.0 Å². The minimum atomic E-state index is -0.244. The topological polar surface area (TPSA) is 59.8 Å². The first-order valence-corrected chi connectivity index (χ1v) is 7.77. The Labute approximate surface area is 126 Å². The van der Waals surface area contributed by atoms with Gasteiger partial charge in [-0.15, -0.1) is 11.3 Å². The normalized spacial score (nSPS) is 10.8. The van der Waals surface area contributed by atoms with E-state index in [9.17, 15) is 4.79 Å². The summed E-state index contributed by atoms with van der Waals surface area (Å²) >= 11 is 7.68. The highest BCUT2D eigenvalue weighted by atomic mass is 35.5. The minimum Gasteiger partial charge on any atom is -0.377 e. The first kappa shape index (κ1) is 15.0. The Morgan fingerprint density at radius 2 is 2.30 bits per heavy atom. The van der Waals surface area contributed by atoms with Gasteiger partial charge in [-0.2, -0.15) is 5.10 Å². The Hall–Kier alpha value is -1.40. The SMILES string of the molecule is CCCCn1ncc(NCc2scnc2C)c(Cl)c1=O. The van der Waals surface area contributed by atoms with Gasteiger partial charge >= 0.3 is 0 Å². The molecule has 2 rings (SSSR count). The number of hydrogen-bond donors (Lipinski definition) is 1. The van der Waals surface area contributed by atoms with Crippen molar-refractivity contribution in [2.24, 2.45) is 0 Å². The Morgan fingerprint density at radius 1 is 1.50 bits per heavy atom. The average Bonchev–Trinajstić information content (AvgIpc) is 2.85. The van der Waals surface area contributed by atoms with Gasteiger partial charge in [0.15, 0.2) is 0 Å². The summed E-state index contributed by atoms with van der Waals surface area (Å²) < 4.78 is 1.41. The molecular weight excluding hydrogens is 296 g/mol. The van der Waals surface area contributed by atoms with Crippen LogP contribution in [-0.4, -0.2) is 14.8 Å². The molecule has 0 atom stereocenters. The number of aromatic nitrogens is 3. The van der Waals surface area contributed by atoms with E-state index in [-0.39, 0.29) is 10.6 Å². The molecule has 0 radical (unpaired) electrons. The average molecular weight is 313 g/mol. The number of anilines is 1. The molecule has 0 aromatic carbocycles. The van der Waals surface area contributed by atoms with Crippen LogP contribution in [0.25, 0.3) is 0 Å². The van der Waals surface area contributed by atoms with E-state index in [1.807, 2.05) is 6.92 Å². The maximum atomic E-state index is 12.0. The van der Waals surface area contributed by atoms with Crippen molar-refractivity contribution in [3.05, 3.63) is 37.7 Å². The van der Waals surface area contributed by atoms with Crippen molar-refractivity contribution in [2.75, 3.05) is 5.32 Å². The summed E-state index contributed by atoms with van der Waals surface area (Å²) in [5, 5.41) is 7.48.